The van der Waals surface area contributed by atoms with Crippen LogP contribution in [0, 0.1) is 12.7 Å². The number of nitrogens with two attached hydrogens (primary N) is 1. The number of benzene rings is 2. The van der Waals surface area contributed by atoms with Gasteiger partial charge in [0, 0.05) is 11.3 Å². The second-order valence-electron chi connectivity index (χ2n) is 4.48. The van der Waals surface area contributed by atoms with Crippen molar-refractivity contribution in [1.29, 1.82) is 0 Å². The molecule has 0 saturated carbocycles. The van der Waals surface area contributed by atoms with Crippen molar-refractivity contribution in [2.75, 3.05) is 5.73 Å². The third kappa shape index (κ3) is 2.11. The third-order valence-electron chi connectivity index (χ3n) is 2.97. The van der Waals surface area contributed by atoms with Crippen molar-refractivity contribution >= 4 is 5.69 Å². The molecule has 0 atom stereocenters. The predicted molar refractivity (Wildman–Crippen MR) is 73.7 cm³/mol. The molecule has 100 valence electrons. The number of hydrogen-bond acceptors (Lipinski definition) is 4. The molecule has 0 fully saturated rings. The topological polar surface area (TPSA) is 69.6 Å². The van der Waals surface area contributed by atoms with Crippen LogP contribution in [0.2, 0.25) is 0 Å². The van der Waals surface area contributed by atoms with Gasteiger partial charge in [0.1, 0.15) is 5.82 Å². The van der Waals surface area contributed by atoms with Crippen molar-refractivity contribution in [3.05, 3.63) is 53.8 Å². The molecule has 1 aromatic heterocycles. The van der Waals surface area contributed by atoms with Crippen molar-refractivity contribution < 1.29 is 4.39 Å². The molecule has 0 unspecified atom stereocenters. The molecule has 0 spiro atoms. The van der Waals surface area contributed by atoms with Crippen molar-refractivity contribution in [2.24, 2.45) is 0 Å². The molecule has 3 aromatic rings. The predicted octanol–water partition coefficient (Wildman–Crippen LogP) is 2.36. The Labute approximate surface area is 114 Å². The number of tetrazole rings is 1. The molecule has 2 N–H and O–H groups in total. The van der Waals surface area contributed by atoms with Crippen LogP contribution < -0.4 is 5.73 Å². The summed E-state index contributed by atoms with van der Waals surface area (Å²) in [7, 11) is 0. The summed E-state index contributed by atoms with van der Waals surface area (Å²) in [5.74, 6) is 0.0916. The van der Waals surface area contributed by atoms with Gasteiger partial charge in [0.15, 0.2) is 5.82 Å². The number of nitrogen functional groups attached to an aromatic ring is 1. The maximum absolute atomic E-state index is 13.1. The third-order valence-corrected chi connectivity index (χ3v) is 2.97. The highest BCUT2D eigenvalue weighted by Gasteiger charge is 2.13. The first-order valence-electron chi connectivity index (χ1n) is 6.06. The van der Waals surface area contributed by atoms with E-state index in [0.717, 1.165) is 11.3 Å². The van der Waals surface area contributed by atoms with Gasteiger partial charge in [-0.15, -0.1) is 5.10 Å². The molecule has 0 amide bonds. The number of rotatable bonds is 2. The standard InChI is InChI=1S/C14H12FN5/c1-9-3-2-4-11(7-9)20-14(17-18-19-20)12-6-5-10(15)8-13(12)16/h2-8H,16H2,1H3. The molecule has 0 bridgehead atoms. The van der Waals surface area contributed by atoms with Gasteiger partial charge in [0.2, 0.25) is 0 Å². The summed E-state index contributed by atoms with van der Waals surface area (Å²) in [5, 5.41) is 11.6. The molecular weight excluding hydrogens is 257 g/mol. The second-order valence-corrected chi connectivity index (χ2v) is 4.48. The van der Waals surface area contributed by atoms with E-state index < -0.39 is 0 Å². The fourth-order valence-corrected chi connectivity index (χ4v) is 2.03. The average molecular weight is 269 g/mol. The van der Waals surface area contributed by atoms with Crippen molar-refractivity contribution in [1.82, 2.24) is 20.2 Å². The molecule has 0 aliphatic carbocycles. The van der Waals surface area contributed by atoms with Crippen LogP contribution in [0.1, 0.15) is 5.56 Å². The number of anilines is 1. The van der Waals surface area contributed by atoms with E-state index in [-0.39, 0.29) is 5.82 Å². The quantitative estimate of drug-likeness (QED) is 0.725. The molecule has 1 heterocycles. The first-order valence-corrected chi connectivity index (χ1v) is 6.06. The molecule has 3 rings (SSSR count). The van der Waals surface area contributed by atoms with E-state index in [0.29, 0.717) is 17.1 Å². The summed E-state index contributed by atoms with van der Waals surface area (Å²) in [5.41, 5.74) is 8.66. The van der Waals surface area contributed by atoms with Crippen LogP contribution in [0.4, 0.5) is 10.1 Å². The highest BCUT2D eigenvalue weighted by Crippen LogP contribution is 2.26. The molecule has 20 heavy (non-hydrogen) atoms. The zero-order valence-corrected chi connectivity index (χ0v) is 10.8. The van der Waals surface area contributed by atoms with Gasteiger partial charge in [-0.05, 0) is 53.2 Å². The SMILES string of the molecule is Cc1cccc(-n2nnnc2-c2ccc(F)cc2N)c1. The molecule has 0 aliphatic rings. The maximum Gasteiger partial charge on any atom is 0.189 e. The summed E-state index contributed by atoms with van der Waals surface area (Å²) in [6.45, 7) is 1.99. The second kappa shape index (κ2) is 4.73. The first-order chi connectivity index (χ1) is 9.65. The minimum atomic E-state index is -0.388. The highest BCUT2D eigenvalue weighted by atomic mass is 19.1. The zero-order chi connectivity index (χ0) is 14.1. The molecule has 6 heteroatoms. The summed E-state index contributed by atoms with van der Waals surface area (Å²) in [6, 6.07) is 11.9. The van der Waals surface area contributed by atoms with Gasteiger partial charge in [0.05, 0.1) is 5.69 Å². The van der Waals surface area contributed by atoms with E-state index in [1.54, 1.807) is 10.7 Å². The molecular formula is C14H12FN5. The lowest BCUT2D eigenvalue weighted by atomic mass is 10.1. The van der Waals surface area contributed by atoms with Crippen LogP contribution in [0.5, 0.6) is 0 Å². The lowest BCUT2D eigenvalue weighted by molar-refractivity contribution is 0.628. The lowest BCUT2D eigenvalue weighted by Crippen LogP contribution is -2.02. The largest absolute Gasteiger partial charge is 0.398 e. The summed E-state index contributed by atoms with van der Waals surface area (Å²) in [6.07, 6.45) is 0. The minimum Gasteiger partial charge on any atom is -0.398 e. The zero-order valence-electron chi connectivity index (χ0n) is 10.8. The summed E-state index contributed by atoms with van der Waals surface area (Å²) in [4.78, 5) is 0. The van der Waals surface area contributed by atoms with Crippen molar-refractivity contribution in [3.8, 4) is 17.1 Å². The maximum atomic E-state index is 13.1. The van der Waals surface area contributed by atoms with Crippen LogP contribution in [0.3, 0.4) is 0 Å². The number of aromatic nitrogens is 4. The van der Waals surface area contributed by atoms with Crippen LogP contribution in [0.25, 0.3) is 17.1 Å². The average Bonchev–Trinajstić information content (AvgIpc) is 2.87. The number of hydrogen-bond donors (Lipinski definition) is 1. The van der Waals surface area contributed by atoms with Crippen LogP contribution in [0.15, 0.2) is 42.5 Å². The number of halogens is 1. The molecule has 2 aromatic carbocycles. The van der Waals surface area contributed by atoms with Crippen molar-refractivity contribution in [3.63, 3.8) is 0 Å². The normalized spacial score (nSPS) is 10.7. The highest BCUT2D eigenvalue weighted by molar-refractivity contribution is 5.72. The van der Waals surface area contributed by atoms with Gasteiger partial charge in [-0.1, -0.05) is 12.1 Å². The van der Waals surface area contributed by atoms with E-state index in [1.807, 2.05) is 31.2 Å². The smallest absolute Gasteiger partial charge is 0.189 e. The lowest BCUT2D eigenvalue weighted by Gasteiger charge is -2.07. The monoisotopic (exact) mass is 269 g/mol. The molecule has 5 nitrogen and oxygen atoms in total. The number of aryl methyl sites for hydroxylation is 1. The van der Waals surface area contributed by atoms with Crippen molar-refractivity contribution in [2.45, 2.75) is 6.92 Å². The van der Waals surface area contributed by atoms with Gasteiger partial charge < -0.3 is 5.73 Å². The first kappa shape index (κ1) is 12.3. The minimum absolute atomic E-state index is 0.300. The number of nitrogens with zero attached hydrogens (tertiary/aromatic N) is 4. The Morgan fingerprint density at radius 1 is 1.15 bits per heavy atom. The van der Waals surface area contributed by atoms with Gasteiger partial charge in [0.25, 0.3) is 0 Å². The fourth-order valence-electron chi connectivity index (χ4n) is 2.03. The van der Waals surface area contributed by atoms with Gasteiger partial charge in [-0.25, -0.2) is 4.39 Å². The van der Waals surface area contributed by atoms with Crippen LogP contribution in [-0.4, -0.2) is 20.2 Å². The van der Waals surface area contributed by atoms with Crippen LogP contribution in [-0.2, 0) is 0 Å². The molecule has 0 radical (unpaired) electrons. The van der Waals surface area contributed by atoms with E-state index in [2.05, 4.69) is 15.5 Å². The summed E-state index contributed by atoms with van der Waals surface area (Å²) >= 11 is 0. The van der Waals surface area contributed by atoms with E-state index in [4.69, 9.17) is 5.73 Å². The van der Waals surface area contributed by atoms with Gasteiger partial charge in [-0.3, -0.25) is 0 Å². The molecule has 0 saturated heterocycles. The Morgan fingerprint density at radius 2 is 2.00 bits per heavy atom. The molecule has 0 aliphatic heterocycles. The Kier molecular flexibility index (Phi) is 2.90. The van der Waals surface area contributed by atoms with Gasteiger partial charge >= 0.3 is 0 Å². The Balaban J connectivity index is 2.15. The fraction of sp³-hybridized carbons (Fsp3) is 0.0714. The summed E-state index contributed by atoms with van der Waals surface area (Å²) < 4.78 is 14.7. The van der Waals surface area contributed by atoms with Crippen LogP contribution >= 0.6 is 0 Å². The van der Waals surface area contributed by atoms with E-state index >= 15 is 0 Å². The van der Waals surface area contributed by atoms with E-state index in [1.165, 1.54) is 12.1 Å². The Bertz CT molecular complexity index is 766. The van der Waals surface area contributed by atoms with E-state index in [9.17, 15) is 4.39 Å². The Morgan fingerprint density at radius 3 is 2.75 bits per heavy atom. The van der Waals surface area contributed by atoms with Gasteiger partial charge in [-0.2, -0.15) is 4.68 Å². The Hall–Kier alpha value is -2.76.